The maximum Gasteiger partial charge on any atom is 0.261 e. The Balaban J connectivity index is 0.838. The monoisotopic (exact) mass is 912 g/mol. The van der Waals surface area contributed by atoms with Crippen molar-refractivity contribution >= 4 is 123 Å². The van der Waals surface area contributed by atoms with Gasteiger partial charge in [0.2, 0.25) is 0 Å². The van der Waals surface area contributed by atoms with Crippen LogP contribution in [-0.4, -0.2) is 6.71 Å². The Morgan fingerprint density at radius 1 is 0.310 bits per heavy atom. The average Bonchev–Trinajstić information content (AvgIpc) is 3.93. The van der Waals surface area contributed by atoms with Crippen molar-refractivity contribution in [2.75, 3.05) is 9.80 Å². The summed E-state index contributed by atoms with van der Waals surface area (Å²) >= 11 is 0. The number of fused-ring (bicyclic) bond motifs is 12. The van der Waals surface area contributed by atoms with Gasteiger partial charge in [0.25, 0.3) is 6.71 Å². The fraction of sp³-hybridized carbons (Fsp3) is 0.0312. The lowest BCUT2D eigenvalue weighted by atomic mass is 9.35. The first-order valence-electron chi connectivity index (χ1n) is 24.1. The molecular formula is C64H41BN2O4. The zero-order valence-corrected chi connectivity index (χ0v) is 38.8. The number of para-hydroxylation sites is 2. The quantitative estimate of drug-likeness (QED) is 0.155. The molecule has 6 nitrogen and oxygen atoms in total. The Hall–Kier alpha value is -9.20. The lowest BCUT2D eigenvalue weighted by molar-refractivity contribution is 0.465. The number of benzene rings is 11. The SMILES string of the molecule is Cc1ccc(N(c2ccccc2)c2ccc3cc4c(cc3c2)oc2cc3c(cc24)Oc2cccc4c2B3c2cc3oc5cc6cc(N(c7ccccc7)c7ccc(C)cc7)ccc6cc5c3cc2O4)cc1. The Morgan fingerprint density at radius 3 is 1.15 bits per heavy atom. The molecule has 71 heavy (non-hydrogen) atoms. The van der Waals surface area contributed by atoms with E-state index in [1.165, 1.54) is 11.1 Å². The highest BCUT2D eigenvalue weighted by Gasteiger charge is 2.41. The van der Waals surface area contributed by atoms with E-state index in [9.17, 15) is 0 Å². The van der Waals surface area contributed by atoms with E-state index in [0.29, 0.717) is 0 Å². The van der Waals surface area contributed by atoms with Crippen LogP contribution < -0.4 is 35.7 Å². The fourth-order valence-corrected chi connectivity index (χ4v) is 11.1. The smallest absolute Gasteiger partial charge is 0.261 e. The zero-order chi connectivity index (χ0) is 46.9. The molecule has 15 rings (SSSR count). The second kappa shape index (κ2) is 15.2. The van der Waals surface area contributed by atoms with E-state index >= 15 is 0 Å². The molecule has 11 aromatic carbocycles. The third kappa shape index (κ3) is 6.29. The van der Waals surface area contributed by atoms with E-state index in [0.717, 1.165) is 139 Å². The van der Waals surface area contributed by atoms with Crippen LogP contribution in [0.2, 0.25) is 0 Å². The van der Waals surface area contributed by atoms with Crippen molar-refractivity contribution in [2.45, 2.75) is 13.8 Å². The van der Waals surface area contributed by atoms with Crippen molar-refractivity contribution in [3.63, 3.8) is 0 Å². The van der Waals surface area contributed by atoms with Gasteiger partial charge in [-0.25, -0.2) is 0 Å². The molecule has 13 aromatic rings. The molecular weight excluding hydrogens is 872 g/mol. The van der Waals surface area contributed by atoms with Gasteiger partial charge in [0.1, 0.15) is 45.3 Å². The molecule has 0 spiro atoms. The third-order valence-corrected chi connectivity index (χ3v) is 14.6. The van der Waals surface area contributed by atoms with Gasteiger partial charge in [0, 0.05) is 61.1 Å². The first-order chi connectivity index (χ1) is 34.9. The highest BCUT2D eigenvalue weighted by Crippen LogP contribution is 2.44. The van der Waals surface area contributed by atoms with Crippen LogP contribution in [0.5, 0.6) is 23.0 Å². The van der Waals surface area contributed by atoms with E-state index in [2.05, 4.69) is 218 Å². The summed E-state index contributed by atoms with van der Waals surface area (Å²) in [5.74, 6) is 3.18. The van der Waals surface area contributed by atoms with E-state index < -0.39 is 0 Å². The van der Waals surface area contributed by atoms with Crippen LogP contribution in [0.1, 0.15) is 11.1 Å². The summed E-state index contributed by atoms with van der Waals surface area (Å²) in [6.07, 6.45) is 0. The Bertz CT molecular complexity index is 4040. The Kier molecular flexibility index (Phi) is 8.49. The maximum atomic E-state index is 6.83. The second-order valence-electron chi connectivity index (χ2n) is 19.1. The molecule has 0 bridgehead atoms. The highest BCUT2D eigenvalue weighted by atomic mass is 16.5. The molecule has 7 heteroatoms. The lowest BCUT2D eigenvalue weighted by Crippen LogP contribution is -2.57. The van der Waals surface area contributed by atoms with Gasteiger partial charge in [-0.3, -0.25) is 0 Å². The van der Waals surface area contributed by atoms with Gasteiger partial charge in [-0.2, -0.15) is 0 Å². The lowest BCUT2D eigenvalue weighted by Gasteiger charge is -2.32. The summed E-state index contributed by atoms with van der Waals surface area (Å²) in [6, 6.07) is 75.4. The van der Waals surface area contributed by atoms with Crippen LogP contribution in [0.15, 0.2) is 221 Å². The minimum atomic E-state index is -0.177. The Labute approximate surface area is 409 Å². The van der Waals surface area contributed by atoms with E-state index in [1.54, 1.807) is 0 Å². The van der Waals surface area contributed by atoms with Gasteiger partial charge in [-0.05, 0) is 180 Å². The first kappa shape index (κ1) is 39.8. The predicted octanol–water partition coefficient (Wildman–Crippen LogP) is 16.1. The number of hydrogen-bond donors (Lipinski definition) is 0. The molecule has 2 aromatic heterocycles. The van der Waals surface area contributed by atoms with Crippen LogP contribution in [0.4, 0.5) is 34.1 Å². The Morgan fingerprint density at radius 2 is 0.704 bits per heavy atom. The summed E-state index contributed by atoms with van der Waals surface area (Å²) in [4.78, 5) is 4.60. The van der Waals surface area contributed by atoms with Gasteiger partial charge < -0.3 is 28.1 Å². The van der Waals surface area contributed by atoms with Crippen molar-refractivity contribution in [3.8, 4) is 23.0 Å². The molecule has 0 radical (unpaired) electrons. The number of ether oxygens (including phenoxy) is 2. The number of rotatable bonds is 6. The van der Waals surface area contributed by atoms with Crippen LogP contribution in [0.25, 0.3) is 65.4 Å². The fourth-order valence-electron chi connectivity index (χ4n) is 11.1. The number of nitrogens with zero attached hydrogens (tertiary/aromatic N) is 2. The minimum Gasteiger partial charge on any atom is -0.458 e. The standard InChI is InChI=1S/C64H41BN2O4/c1-38-16-22-46(23-17-38)66(44-10-5-3-6-11-44)48-26-20-40-30-50-52-34-62-54(36-60(52)70-58(50)32-42(40)28-48)65-55-37-61-53(35-63(55)69-57-15-9-14-56(68-62)64(57)65)51-31-41-21-27-49(29-43(41)33-59(51)71-61)67(45-12-7-4-8-13-45)47-24-18-39(2)19-25-47/h3-37H,1-2H3. The molecule has 0 aliphatic carbocycles. The van der Waals surface area contributed by atoms with Crippen molar-refractivity contribution in [2.24, 2.45) is 0 Å². The van der Waals surface area contributed by atoms with Gasteiger partial charge in [0.15, 0.2) is 0 Å². The highest BCUT2D eigenvalue weighted by molar-refractivity contribution is 6.98. The average molecular weight is 913 g/mol. The summed E-state index contributed by atoms with van der Waals surface area (Å²) in [6.45, 7) is 4.06. The van der Waals surface area contributed by atoms with E-state index in [-0.39, 0.29) is 6.71 Å². The zero-order valence-electron chi connectivity index (χ0n) is 38.8. The second-order valence-corrected chi connectivity index (χ2v) is 19.1. The summed E-state index contributed by atoms with van der Waals surface area (Å²) in [7, 11) is 0. The number of aryl methyl sites for hydroxylation is 2. The van der Waals surface area contributed by atoms with Crippen molar-refractivity contribution < 1.29 is 18.3 Å². The third-order valence-electron chi connectivity index (χ3n) is 14.6. The minimum absolute atomic E-state index is 0.177. The molecule has 4 heterocycles. The van der Waals surface area contributed by atoms with Crippen molar-refractivity contribution in [1.82, 2.24) is 0 Å². The maximum absolute atomic E-state index is 6.83. The predicted molar refractivity (Wildman–Crippen MR) is 293 cm³/mol. The van der Waals surface area contributed by atoms with Crippen LogP contribution in [-0.2, 0) is 0 Å². The summed E-state index contributed by atoms with van der Waals surface area (Å²) in [5.41, 5.74) is 15.3. The van der Waals surface area contributed by atoms with Crippen molar-refractivity contribution in [1.29, 1.82) is 0 Å². The number of anilines is 6. The summed E-state index contributed by atoms with van der Waals surface area (Å²) < 4.78 is 27.3. The largest absolute Gasteiger partial charge is 0.458 e. The molecule has 0 atom stereocenters. The van der Waals surface area contributed by atoms with Gasteiger partial charge in [0.05, 0.1) is 0 Å². The van der Waals surface area contributed by atoms with Crippen LogP contribution in [0, 0.1) is 13.8 Å². The molecule has 0 saturated carbocycles. The van der Waals surface area contributed by atoms with Crippen LogP contribution >= 0.6 is 0 Å². The normalized spacial score (nSPS) is 12.6. The molecule has 0 unspecified atom stereocenters. The first-order valence-corrected chi connectivity index (χ1v) is 24.1. The molecule has 0 fully saturated rings. The number of furan rings is 2. The van der Waals surface area contributed by atoms with Gasteiger partial charge in [-0.1, -0.05) is 90.0 Å². The summed E-state index contributed by atoms with van der Waals surface area (Å²) in [5, 5.41) is 8.56. The molecule has 0 saturated heterocycles. The topological polar surface area (TPSA) is 51.2 Å². The molecule has 2 aliphatic rings. The van der Waals surface area contributed by atoms with Gasteiger partial charge in [-0.15, -0.1) is 0 Å². The molecule has 0 N–H and O–H groups in total. The van der Waals surface area contributed by atoms with Crippen molar-refractivity contribution in [3.05, 3.63) is 223 Å². The van der Waals surface area contributed by atoms with Gasteiger partial charge >= 0.3 is 0 Å². The van der Waals surface area contributed by atoms with E-state index in [1.807, 2.05) is 18.2 Å². The molecule has 334 valence electrons. The molecule has 0 amide bonds. The number of hydrogen-bond acceptors (Lipinski definition) is 6. The molecule has 2 aliphatic heterocycles. The van der Waals surface area contributed by atoms with Crippen LogP contribution in [0.3, 0.4) is 0 Å². The van der Waals surface area contributed by atoms with E-state index in [4.69, 9.17) is 18.3 Å².